The molecule has 104 valence electrons. The quantitative estimate of drug-likeness (QED) is 0.886. The van der Waals surface area contributed by atoms with Gasteiger partial charge in [-0.05, 0) is 25.0 Å². The van der Waals surface area contributed by atoms with Crippen molar-refractivity contribution in [2.45, 2.75) is 38.6 Å². The number of furan rings is 1. The lowest BCUT2D eigenvalue weighted by Gasteiger charge is -2.26. The summed E-state index contributed by atoms with van der Waals surface area (Å²) in [5, 5.41) is 9.36. The van der Waals surface area contributed by atoms with Crippen LogP contribution in [0.5, 0.6) is 0 Å². The van der Waals surface area contributed by atoms with Gasteiger partial charge in [0.05, 0.1) is 18.2 Å². The van der Waals surface area contributed by atoms with Gasteiger partial charge in [0.2, 0.25) is 5.91 Å². The van der Waals surface area contributed by atoms with Crippen LogP contribution in [0.3, 0.4) is 0 Å². The van der Waals surface area contributed by atoms with Crippen LogP contribution in [0, 0.1) is 5.41 Å². The molecular weight excluding hydrogens is 246 g/mol. The SMILES string of the molecule is CN(Cc1ccco1)C(=O)CC1(C(=O)O)CCCC1. The minimum Gasteiger partial charge on any atom is -0.481 e. The summed E-state index contributed by atoms with van der Waals surface area (Å²) in [5.74, 6) is -0.280. The van der Waals surface area contributed by atoms with Gasteiger partial charge in [0, 0.05) is 13.5 Å². The third-order valence-corrected chi connectivity index (χ3v) is 3.90. The topological polar surface area (TPSA) is 70.8 Å². The summed E-state index contributed by atoms with van der Waals surface area (Å²) in [7, 11) is 1.68. The van der Waals surface area contributed by atoms with Gasteiger partial charge >= 0.3 is 5.97 Å². The van der Waals surface area contributed by atoms with E-state index in [0.29, 0.717) is 25.1 Å². The fourth-order valence-corrected chi connectivity index (χ4v) is 2.67. The Kier molecular flexibility index (Phi) is 3.93. The molecule has 1 N–H and O–H groups in total. The van der Waals surface area contributed by atoms with E-state index in [0.717, 1.165) is 12.8 Å². The van der Waals surface area contributed by atoms with Crippen LogP contribution < -0.4 is 0 Å². The summed E-state index contributed by atoms with van der Waals surface area (Å²) in [4.78, 5) is 25.1. The van der Waals surface area contributed by atoms with Crippen LogP contribution in [0.25, 0.3) is 0 Å². The van der Waals surface area contributed by atoms with Crippen LogP contribution in [-0.4, -0.2) is 28.9 Å². The van der Waals surface area contributed by atoms with E-state index in [9.17, 15) is 14.7 Å². The number of amides is 1. The summed E-state index contributed by atoms with van der Waals surface area (Å²) >= 11 is 0. The number of nitrogens with zero attached hydrogens (tertiary/aromatic N) is 1. The van der Waals surface area contributed by atoms with Crippen molar-refractivity contribution in [3.63, 3.8) is 0 Å². The second-order valence-electron chi connectivity index (χ2n) is 5.30. The largest absolute Gasteiger partial charge is 0.481 e. The number of carboxylic acid groups (broad SMARTS) is 1. The molecule has 0 saturated heterocycles. The second-order valence-corrected chi connectivity index (χ2v) is 5.30. The molecule has 1 fully saturated rings. The highest BCUT2D eigenvalue weighted by atomic mass is 16.4. The minimum absolute atomic E-state index is 0.0829. The van der Waals surface area contributed by atoms with Gasteiger partial charge in [-0.1, -0.05) is 12.8 Å². The molecule has 1 amide bonds. The predicted octanol–water partition coefficient (Wildman–Crippen LogP) is 2.27. The van der Waals surface area contributed by atoms with Gasteiger partial charge in [0.1, 0.15) is 5.76 Å². The standard InChI is InChI=1S/C14H19NO4/c1-15(10-11-5-4-8-19-11)12(16)9-14(13(17)18)6-2-3-7-14/h4-5,8H,2-3,6-7,9-10H2,1H3,(H,17,18). The highest BCUT2D eigenvalue weighted by molar-refractivity contribution is 5.85. The molecule has 5 heteroatoms. The number of carbonyl (C=O) groups is 2. The van der Waals surface area contributed by atoms with Crippen molar-refractivity contribution < 1.29 is 19.1 Å². The number of rotatable bonds is 5. The Balaban J connectivity index is 1.97. The first kappa shape index (κ1) is 13.6. The molecule has 1 aromatic heterocycles. The molecule has 19 heavy (non-hydrogen) atoms. The molecule has 1 heterocycles. The molecule has 2 rings (SSSR count). The molecule has 1 aliphatic carbocycles. The second kappa shape index (κ2) is 5.47. The summed E-state index contributed by atoms with van der Waals surface area (Å²) < 4.78 is 5.19. The minimum atomic E-state index is -0.853. The van der Waals surface area contributed by atoms with Gasteiger partial charge in [0.15, 0.2) is 0 Å². The van der Waals surface area contributed by atoms with Gasteiger partial charge in [0.25, 0.3) is 0 Å². The normalized spacial score (nSPS) is 17.3. The van der Waals surface area contributed by atoms with E-state index in [2.05, 4.69) is 0 Å². The first-order valence-corrected chi connectivity index (χ1v) is 6.53. The maximum absolute atomic E-state index is 12.2. The van der Waals surface area contributed by atoms with Gasteiger partial charge in [-0.3, -0.25) is 9.59 Å². The first-order valence-electron chi connectivity index (χ1n) is 6.53. The predicted molar refractivity (Wildman–Crippen MR) is 68.3 cm³/mol. The lowest BCUT2D eigenvalue weighted by atomic mass is 9.82. The summed E-state index contributed by atoms with van der Waals surface area (Å²) in [6.07, 6.45) is 4.62. The molecular formula is C14H19NO4. The van der Waals surface area contributed by atoms with Gasteiger partial charge in [-0.2, -0.15) is 0 Å². The highest BCUT2D eigenvalue weighted by Crippen LogP contribution is 2.41. The fourth-order valence-electron chi connectivity index (χ4n) is 2.67. The Labute approximate surface area is 112 Å². The van der Waals surface area contributed by atoms with Crippen LogP contribution in [0.4, 0.5) is 0 Å². The first-order chi connectivity index (χ1) is 9.03. The summed E-state index contributed by atoms with van der Waals surface area (Å²) in [6.45, 7) is 0.377. The zero-order chi connectivity index (χ0) is 13.9. The van der Waals surface area contributed by atoms with Gasteiger partial charge < -0.3 is 14.4 Å². The molecule has 0 aliphatic heterocycles. The van der Waals surface area contributed by atoms with E-state index in [4.69, 9.17) is 4.42 Å². The average molecular weight is 265 g/mol. The van der Waals surface area contributed by atoms with E-state index in [1.54, 1.807) is 25.4 Å². The zero-order valence-electron chi connectivity index (χ0n) is 11.1. The average Bonchev–Trinajstić information content (AvgIpc) is 3.00. The lowest BCUT2D eigenvalue weighted by Crippen LogP contribution is -2.36. The van der Waals surface area contributed by atoms with Crippen molar-refractivity contribution in [1.82, 2.24) is 4.90 Å². The highest BCUT2D eigenvalue weighted by Gasteiger charge is 2.43. The van der Waals surface area contributed by atoms with E-state index in [1.165, 1.54) is 4.90 Å². The van der Waals surface area contributed by atoms with E-state index in [-0.39, 0.29) is 12.3 Å². The van der Waals surface area contributed by atoms with Crippen molar-refractivity contribution in [3.05, 3.63) is 24.2 Å². The van der Waals surface area contributed by atoms with Crippen molar-refractivity contribution in [1.29, 1.82) is 0 Å². The molecule has 1 aliphatic rings. The molecule has 0 bridgehead atoms. The van der Waals surface area contributed by atoms with Gasteiger partial charge in [-0.25, -0.2) is 0 Å². The molecule has 0 aromatic carbocycles. The Morgan fingerprint density at radius 3 is 2.63 bits per heavy atom. The Morgan fingerprint density at radius 1 is 1.42 bits per heavy atom. The van der Waals surface area contributed by atoms with Crippen molar-refractivity contribution in [2.75, 3.05) is 7.05 Å². The monoisotopic (exact) mass is 265 g/mol. The Bertz CT molecular complexity index is 446. The Hall–Kier alpha value is -1.78. The number of hydrogen-bond acceptors (Lipinski definition) is 3. The van der Waals surface area contributed by atoms with Crippen LogP contribution in [-0.2, 0) is 16.1 Å². The van der Waals surface area contributed by atoms with E-state index >= 15 is 0 Å². The van der Waals surface area contributed by atoms with Crippen LogP contribution >= 0.6 is 0 Å². The number of carbonyl (C=O) groups excluding carboxylic acids is 1. The maximum Gasteiger partial charge on any atom is 0.310 e. The summed E-state index contributed by atoms with van der Waals surface area (Å²) in [5.41, 5.74) is -0.853. The van der Waals surface area contributed by atoms with Crippen LogP contribution in [0.1, 0.15) is 37.9 Å². The summed E-state index contributed by atoms with van der Waals surface area (Å²) in [6, 6.07) is 3.57. The molecule has 1 saturated carbocycles. The lowest BCUT2D eigenvalue weighted by molar-refractivity contribution is -0.153. The smallest absolute Gasteiger partial charge is 0.310 e. The Morgan fingerprint density at radius 2 is 2.11 bits per heavy atom. The third-order valence-electron chi connectivity index (χ3n) is 3.90. The molecule has 0 atom stereocenters. The zero-order valence-corrected chi connectivity index (χ0v) is 11.1. The molecule has 5 nitrogen and oxygen atoms in total. The fraction of sp³-hybridized carbons (Fsp3) is 0.571. The van der Waals surface area contributed by atoms with Crippen molar-refractivity contribution >= 4 is 11.9 Å². The molecule has 1 aromatic rings. The van der Waals surface area contributed by atoms with Crippen molar-refractivity contribution in [2.24, 2.45) is 5.41 Å². The molecule has 0 unspecified atom stereocenters. The van der Waals surface area contributed by atoms with E-state index in [1.807, 2.05) is 0 Å². The van der Waals surface area contributed by atoms with Crippen LogP contribution in [0.2, 0.25) is 0 Å². The van der Waals surface area contributed by atoms with Crippen LogP contribution in [0.15, 0.2) is 22.8 Å². The van der Waals surface area contributed by atoms with Gasteiger partial charge in [-0.15, -0.1) is 0 Å². The molecule has 0 radical (unpaired) electrons. The van der Waals surface area contributed by atoms with E-state index < -0.39 is 11.4 Å². The maximum atomic E-state index is 12.2. The third kappa shape index (κ3) is 2.97. The van der Waals surface area contributed by atoms with Crippen molar-refractivity contribution in [3.8, 4) is 0 Å². The molecule has 0 spiro atoms. The number of carboxylic acids is 1. The number of aliphatic carboxylic acids is 1. The number of hydrogen-bond donors (Lipinski definition) is 1.